The molecule has 0 heterocycles. The molecular weight excluding hydrogens is 196 g/mol. The number of nitrogens with two attached hydrogens (primary N) is 1. The molecule has 2 heteroatoms. The second-order valence-corrected chi connectivity index (χ2v) is 6.70. The smallest absolute Gasteiger partial charge is 0.0191 e. The summed E-state index contributed by atoms with van der Waals surface area (Å²) in [5, 5.41) is 3.55. The Hall–Kier alpha value is -0.0800. The highest BCUT2D eigenvalue weighted by atomic mass is 14.9. The number of nitrogens with one attached hydrogen (secondary N) is 1. The molecule has 0 aromatic heterocycles. The SMILES string of the molecule is CCC(C)C(N)CNCC1C(C)(C)C1(C)C. The molecule has 1 aliphatic rings. The Morgan fingerprint density at radius 1 is 1.19 bits per heavy atom. The van der Waals surface area contributed by atoms with Crippen LogP contribution in [0.25, 0.3) is 0 Å². The first-order chi connectivity index (χ1) is 7.25. The molecule has 1 aliphatic carbocycles. The van der Waals surface area contributed by atoms with Gasteiger partial charge in [0.2, 0.25) is 0 Å². The zero-order chi connectivity index (χ0) is 12.6. The molecule has 0 spiro atoms. The van der Waals surface area contributed by atoms with Crippen LogP contribution in [0.15, 0.2) is 0 Å². The van der Waals surface area contributed by atoms with E-state index in [1.807, 2.05) is 0 Å². The molecule has 96 valence electrons. The molecule has 2 unspecified atom stereocenters. The average molecular weight is 226 g/mol. The highest BCUT2D eigenvalue weighted by molar-refractivity contribution is 5.12. The third-order valence-corrected chi connectivity index (χ3v) is 5.42. The fourth-order valence-electron chi connectivity index (χ4n) is 2.74. The van der Waals surface area contributed by atoms with Gasteiger partial charge in [0.25, 0.3) is 0 Å². The second-order valence-electron chi connectivity index (χ2n) is 6.70. The van der Waals surface area contributed by atoms with Gasteiger partial charge < -0.3 is 11.1 Å². The largest absolute Gasteiger partial charge is 0.326 e. The van der Waals surface area contributed by atoms with Crippen LogP contribution < -0.4 is 11.1 Å². The molecule has 0 amide bonds. The lowest BCUT2D eigenvalue weighted by Crippen LogP contribution is -2.39. The predicted molar refractivity (Wildman–Crippen MR) is 71.4 cm³/mol. The Kier molecular flexibility index (Phi) is 4.07. The molecule has 0 bridgehead atoms. The monoisotopic (exact) mass is 226 g/mol. The maximum atomic E-state index is 6.11. The van der Waals surface area contributed by atoms with Gasteiger partial charge in [-0.2, -0.15) is 0 Å². The molecule has 1 rings (SSSR count). The van der Waals surface area contributed by atoms with E-state index in [1.165, 1.54) is 6.42 Å². The standard InChI is InChI=1S/C14H30N2/c1-7-10(2)11(15)8-16-9-12-13(3,4)14(12,5)6/h10-12,16H,7-9,15H2,1-6H3. The van der Waals surface area contributed by atoms with Crippen LogP contribution in [-0.4, -0.2) is 19.1 Å². The van der Waals surface area contributed by atoms with Gasteiger partial charge in [-0.15, -0.1) is 0 Å². The van der Waals surface area contributed by atoms with Gasteiger partial charge in [0.1, 0.15) is 0 Å². The first kappa shape index (κ1) is 14.0. The van der Waals surface area contributed by atoms with Crippen molar-refractivity contribution in [2.45, 2.75) is 54.0 Å². The fourth-order valence-corrected chi connectivity index (χ4v) is 2.74. The van der Waals surface area contributed by atoms with Crippen LogP contribution in [0.2, 0.25) is 0 Å². The molecule has 0 radical (unpaired) electrons. The molecule has 0 aromatic rings. The van der Waals surface area contributed by atoms with Gasteiger partial charge in [0.05, 0.1) is 0 Å². The van der Waals surface area contributed by atoms with Gasteiger partial charge in [-0.05, 0) is 29.2 Å². The summed E-state index contributed by atoms with van der Waals surface area (Å²) in [7, 11) is 0. The third kappa shape index (κ3) is 2.43. The minimum absolute atomic E-state index is 0.301. The van der Waals surface area contributed by atoms with Crippen LogP contribution in [0.4, 0.5) is 0 Å². The molecule has 0 saturated heterocycles. The van der Waals surface area contributed by atoms with Gasteiger partial charge in [-0.25, -0.2) is 0 Å². The van der Waals surface area contributed by atoms with E-state index in [1.54, 1.807) is 0 Å². The minimum atomic E-state index is 0.301. The minimum Gasteiger partial charge on any atom is -0.326 e. The zero-order valence-electron chi connectivity index (χ0n) is 11.9. The predicted octanol–water partition coefficient (Wildman–Crippen LogP) is 2.63. The Morgan fingerprint density at radius 2 is 1.69 bits per heavy atom. The van der Waals surface area contributed by atoms with Crippen LogP contribution >= 0.6 is 0 Å². The van der Waals surface area contributed by atoms with Gasteiger partial charge in [0.15, 0.2) is 0 Å². The van der Waals surface area contributed by atoms with E-state index >= 15 is 0 Å². The fraction of sp³-hybridized carbons (Fsp3) is 1.00. The first-order valence-electron chi connectivity index (χ1n) is 6.71. The van der Waals surface area contributed by atoms with Crippen molar-refractivity contribution in [2.75, 3.05) is 13.1 Å². The molecule has 0 aliphatic heterocycles. The van der Waals surface area contributed by atoms with Crippen molar-refractivity contribution in [2.24, 2.45) is 28.4 Å². The summed E-state index contributed by atoms with van der Waals surface area (Å²) in [6.07, 6.45) is 1.17. The van der Waals surface area contributed by atoms with E-state index in [2.05, 4.69) is 46.9 Å². The number of hydrogen-bond donors (Lipinski definition) is 2. The lowest BCUT2D eigenvalue weighted by atomic mass is 10.00. The summed E-state index contributed by atoms with van der Waals surface area (Å²) in [6, 6.07) is 0.301. The lowest BCUT2D eigenvalue weighted by Gasteiger charge is -2.19. The van der Waals surface area contributed by atoms with E-state index in [0.717, 1.165) is 19.0 Å². The summed E-state index contributed by atoms with van der Waals surface area (Å²) >= 11 is 0. The zero-order valence-corrected chi connectivity index (χ0v) is 11.9. The highest BCUT2D eigenvalue weighted by Gasteiger charge is 2.63. The molecule has 3 N–H and O–H groups in total. The summed E-state index contributed by atoms with van der Waals surface area (Å²) in [4.78, 5) is 0. The normalized spacial score (nSPS) is 26.4. The van der Waals surface area contributed by atoms with Crippen molar-refractivity contribution >= 4 is 0 Å². The van der Waals surface area contributed by atoms with Crippen LogP contribution in [0, 0.1) is 22.7 Å². The number of rotatable bonds is 6. The lowest BCUT2D eigenvalue weighted by molar-refractivity contribution is 0.407. The second kappa shape index (κ2) is 4.66. The van der Waals surface area contributed by atoms with Crippen molar-refractivity contribution < 1.29 is 0 Å². The molecule has 1 saturated carbocycles. The van der Waals surface area contributed by atoms with Crippen LogP contribution in [0.5, 0.6) is 0 Å². The molecule has 16 heavy (non-hydrogen) atoms. The maximum absolute atomic E-state index is 6.11. The van der Waals surface area contributed by atoms with E-state index in [0.29, 0.717) is 22.8 Å². The van der Waals surface area contributed by atoms with Gasteiger partial charge >= 0.3 is 0 Å². The van der Waals surface area contributed by atoms with Crippen molar-refractivity contribution in [1.29, 1.82) is 0 Å². The summed E-state index contributed by atoms with van der Waals surface area (Å²) < 4.78 is 0. The molecule has 0 aromatic carbocycles. The van der Waals surface area contributed by atoms with Crippen molar-refractivity contribution in [3.63, 3.8) is 0 Å². The van der Waals surface area contributed by atoms with Gasteiger partial charge in [-0.1, -0.05) is 48.0 Å². The average Bonchev–Trinajstić information content (AvgIpc) is 2.58. The van der Waals surface area contributed by atoms with Crippen LogP contribution in [0.3, 0.4) is 0 Å². The molecule has 2 nitrogen and oxygen atoms in total. The van der Waals surface area contributed by atoms with Gasteiger partial charge in [-0.3, -0.25) is 0 Å². The summed E-state index contributed by atoms with van der Waals surface area (Å²) in [5.74, 6) is 1.41. The van der Waals surface area contributed by atoms with Crippen LogP contribution in [-0.2, 0) is 0 Å². The summed E-state index contributed by atoms with van der Waals surface area (Å²) in [6.45, 7) is 16.0. The Morgan fingerprint density at radius 3 is 2.06 bits per heavy atom. The highest BCUT2D eigenvalue weighted by Crippen LogP contribution is 2.67. The Labute approximate surface area is 101 Å². The number of hydrogen-bond acceptors (Lipinski definition) is 2. The van der Waals surface area contributed by atoms with E-state index < -0.39 is 0 Å². The first-order valence-corrected chi connectivity index (χ1v) is 6.71. The Balaban J connectivity index is 2.23. The van der Waals surface area contributed by atoms with E-state index in [9.17, 15) is 0 Å². The maximum Gasteiger partial charge on any atom is 0.0191 e. The van der Waals surface area contributed by atoms with Crippen molar-refractivity contribution in [1.82, 2.24) is 5.32 Å². The molecule has 1 fully saturated rings. The Bertz CT molecular complexity index is 219. The molecular formula is C14H30N2. The third-order valence-electron chi connectivity index (χ3n) is 5.42. The summed E-state index contributed by atoms with van der Waals surface area (Å²) in [5.41, 5.74) is 7.08. The van der Waals surface area contributed by atoms with E-state index in [4.69, 9.17) is 5.73 Å². The van der Waals surface area contributed by atoms with Crippen molar-refractivity contribution in [3.8, 4) is 0 Å². The molecule has 2 atom stereocenters. The van der Waals surface area contributed by atoms with E-state index in [-0.39, 0.29) is 0 Å². The van der Waals surface area contributed by atoms with Gasteiger partial charge in [0, 0.05) is 12.6 Å². The quantitative estimate of drug-likeness (QED) is 0.730. The van der Waals surface area contributed by atoms with Crippen molar-refractivity contribution in [3.05, 3.63) is 0 Å². The van der Waals surface area contributed by atoms with Crippen LogP contribution in [0.1, 0.15) is 48.0 Å². The topological polar surface area (TPSA) is 38.0 Å².